The maximum atomic E-state index is 16.1. The number of hydrogen-bond acceptors (Lipinski definition) is 9. The van der Waals surface area contributed by atoms with E-state index in [4.69, 9.17) is 18.9 Å². The molecule has 0 amide bonds. The fourth-order valence-corrected chi connectivity index (χ4v) is 8.63. The van der Waals surface area contributed by atoms with Crippen LogP contribution in [0.2, 0.25) is 0 Å². The Labute approximate surface area is 277 Å². The molecule has 5 aromatic rings. The van der Waals surface area contributed by atoms with Crippen LogP contribution in [-0.4, -0.2) is 52.3 Å². The molecule has 0 saturated heterocycles. The van der Waals surface area contributed by atoms with Crippen molar-refractivity contribution in [2.24, 2.45) is 0 Å². The van der Waals surface area contributed by atoms with Crippen LogP contribution in [0.1, 0.15) is 41.4 Å². The summed E-state index contributed by atoms with van der Waals surface area (Å²) in [4.78, 5) is 51.3. The van der Waals surface area contributed by atoms with Gasteiger partial charge in [-0.2, -0.15) is 0 Å². The first-order valence-corrected chi connectivity index (χ1v) is 16.4. The Morgan fingerprint density at radius 1 is 0.438 bits per heavy atom. The quantitative estimate of drug-likeness (QED) is 0.109. The number of hydrogen-bond donors (Lipinski definition) is 0. The molecule has 242 valence electrons. The predicted octanol–water partition coefficient (Wildman–Crippen LogP) is 5.81. The van der Waals surface area contributed by atoms with Crippen molar-refractivity contribution < 1.29 is 42.7 Å². The molecule has 10 heteroatoms. The molecule has 0 aliphatic rings. The van der Waals surface area contributed by atoms with Gasteiger partial charge in [0.05, 0.1) is 50.7 Å². The van der Waals surface area contributed by atoms with Crippen molar-refractivity contribution in [3.8, 4) is 22.3 Å². The van der Waals surface area contributed by atoms with Gasteiger partial charge in [0.25, 0.3) is 0 Å². The fourth-order valence-electron chi connectivity index (χ4n) is 5.54. The third-order valence-corrected chi connectivity index (χ3v) is 10.9. The minimum absolute atomic E-state index is 0.0710. The van der Waals surface area contributed by atoms with Crippen molar-refractivity contribution in [3.63, 3.8) is 0 Å². The summed E-state index contributed by atoms with van der Waals surface area (Å²) in [6.45, 7) is 0. The molecule has 0 fully saturated rings. The van der Waals surface area contributed by atoms with Crippen LogP contribution in [0.5, 0.6) is 0 Å². The van der Waals surface area contributed by atoms with E-state index in [1.165, 1.54) is 40.6 Å². The first-order valence-electron chi connectivity index (χ1n) is 14.6. The lowest BCUT2D eigenvalue weighted by Crippen LogP contribution is -2.28. The second kappa shape index (κ2) is 14.3. The first kappa shape index (κ1) is 33.6. The van der Waals surface area contributed by atoms with Crippen molar-refractivity contribution in [1.29, 1.82) is 0 Å². The van der Waals surface area contributed by atoms with E-state index in [9.17, 15) is 19.2 Å². The number of esters is 4. The van der Waals surface area contributed by atoms with Crippen molar-refractivity contribution in [2.45, 2.75) is 0 Å². The zero-order chi connectivity index (χ0) is 34.4. The van der Waals surface area contributed by atoms with Crippen LogP contribution in [0.15, 0.2) is 115 Å². The summed E-state index contributed by atoms with van der Waals surface area (Å²) < 4.78 is 36.1. The third kappa shape index (κ3) is 6.41. The van der Waals surface area contributed by atoms with E-state index in [0.717, 1.165) is 0 Å². The molecule has 48 heavy (non-hydrogen) atoms. The van der Waals surface area contributed by atoms with Crippen molar-refractivity contribution >= 4 is 46.9 Å². The first-order chi connectivity index (χ1) is 23.2. The van der Waals surface area contributed by atoms with E-state index in [0.29, 0.717) is 38.2 Å². The molecule has 0 atom stereocenters. The van der Waals surface area contributed by atoms with E-state index in [-0.39, 0.29) is 22.3 Å². The second-order valence-corrected chi connectivity index (χ2v) is 13.2. The summed E-state index contributed by atoms with van der Waals surface area (Å²) in [5.41, 5.74) is 1.87. The Balaban J connectivity index is 1.98. The summed E-state index contributed by atoms with van der Waals surface area (Å²) in [6, 6.07) is 32.0. The molecule has 0 aromatic heterocycles. The molecule has 5 aromatic carbocycles. The van der Waals surface area contributed by atoms with Crippen LogP contribution in [0, 0.1) is 0 Å². The van der Waals surface area contributed by atoms with E-state index < -0.39 is 31.0 Å². The lowest BCUT2D eigenvalue weighted by molar-refractivity contribution is 0.0581. The highest BCUT2D eigenvalue weighted by Gasteiger charge is 2.35. The van der Waals surface area contributed by atoms with Gasteiger partial charge in [-0.05, 0) is 58.7 Å². The molecular formula is C38H31O9P. The summed E-state index contributed by atoms with van der Waals surface area (Å²) >= 11 is 0. The van der Waals surface area contributed by atoms with Gasteiger partial charge in [0.15, 0.2) is 7.14 Å². The minimum atomic E-state index is -3.83. The number of methoxy groups -OCH3 is 4. The zero-order valence-corrected chi connectivity index (χ0v) is 27.5. The third-order valence-electron chi connectivity index (χ3n) is 7.76. The van der Waals surface area contributed by atoms with Gasteiger partial charge in [0, 0.05) is 15.9 Å². The van der Waals surface area contributed by atoms with Crippen LogP contribution in [0.25, 0.3) is 22.3 Å². The highest BCUT2D eigenvalue weighted by molar-refractivity contribution is 7.85. The van der Waals surface area contributed by atoms with Gasteiger partial charge < -0.3 is 23.5 Å². The topological polar surface area (TPSA) is 122 Å². The number of rotatable bonds is 9. The fraction of sp³-hybridized carbons (Fsp3) is 0.105. The van der Waals surface area contributed by atoms with Gasteiger partial charge in [-0.3, -0.25) is 0 Å². The van der Waals surface area contributed by atoms with Gasteiger partial charge in [-0.1, -0.05) is 78.9 Å². The highest BCUT2D eigenvalue weighted by Crippen LogP contribution is 2.48. The number of carbonyl (C=O) groups is 4. The lowest BCUT2D eigenvalue weighted by atomic mass is 9.94. The molecule has 0 radical (unpaired) electrons. The normalized spacial score (nSPS) is 10.9. The van der Waals surface area contributed by atoms with Gasteiger partial charge in [-0.25, -0.2) is 19.2 Å². The Kier molecular flexibility index (Phi) is 10.0. The smallest absolute Gasteiger partial charge is 0.337 e. The van der Waals surface area contributed by atoms with Gasteiger partial charge in [-0.15, -0.1) is 0 Å². The summed E-state index contributed by atoms with van der Waals surface area (Å²) in [6.07, 6.45) is 0. The van der Waals surface area contributed by atoms with Crippen LogP contribution in [-0.2, 0) is 23.5 Å². The average Bonchev–Trinajstić information content (AvgIpc) is 3.16. The Morgan fingerprint density at radius 2 is 0.750 bits per heavy atom. The molecule has 5 rings (SSSR count). The van der Waals surface area contributed by atoms with Crippen molar-refractivity contribution in [3.05, 3.63) is 138 Å². The molecule has 0 aliphatic heterocycles. The van der Waals surface area contributed by atoms with Crippen LogP contribution < -0.4 is 15.9 Å². The Morgan fingerprint density at radius 3 is 1.04 bits per heavy atom. The van der Waals surface area contributed by atoms with Crippen LogP contribution in [0.4, 0.5) is 0 Å². The molecule has 0 aliphatic carbocycles. The molecule has 0 unspecified atom stereocenters. The zero-order valence-electron chi connectivity index (χ0n) is 26.6. The molecule has 0 saturated carbocycles. The number of ether oxygens (including phenoxy) is 4. The summed E-state index contributed by atoms with van der Waals surface area (Å²) in [7, 11) is 1.08. The van der Waals surface area contributed by atoms with E-state index in [1.54, 1.807) is 91.0 Å². The van der Waals surface area contributed by atoms with E-state index in [1.807, 2.05) is 12.1 Å². The van der Waals surface area contributed by atoms with E-state index >= 15 is 4.57 Å². The van der Waals surface area contributed by atoms with Gasteiger partial charge in [0.1, 0.15) is 0 Å². The maximum Gasteiger partial charge on any atom is 0.337 e. The molecule has 0 N–H and O–H groups in total. The minimum Gasteiger partial charge on any atom is -0.465 e. The molecule has 0 spiro atoms. The average molecular weight is 663 g/mol. The monoisotopic (exact) mass is 662 g/mol. The Bertz CT molecular complexity index is 1860. The van der Waals surface area contributed by atoms with Crippen molar-refractivity contribution in [1.82, 2.24) is 0 Å². The summed E-state index contributed by atoms with van der Waals surface area (Å²) in [5.74, 6) is -2.77. The van der Waals surface area contributed by atoms with E-state index in [2.05, 4.69) is 0 Å². The van der Waals surface area contributed by atoms with Gasteiger partial charge >= 0.3 is 23.9 Å². The number of benzene rings is 5. The van der Waals surface area contributed by atoms with Gasteiger partial charge in [0.2, 0.25) is 0 Å². The molecular weight excluding hydrogens is 631 g/mol. The number of carbonyl (C=O) groups excluding carboxylic acids is 4. The maximum absolute atomic E-state index is 16.1. The predicted molar refractivity (Wildman–Crippen MR) is 182 cm³/mol. The van der Waals surface area contributed by atoms with Crippen LogP contribution in [0.3, 0.4) is 0 Å². The highest BCUT2D eigenvalue weighted by atomic mass is 31.2. The Hall–Kier alpha value is -5.79. The largest absolute Gasteiger partial charge is 0.465 e. The SMILES string of the molecule is COC(=O)c1cc(C(=O)OC)cc(-c2cccc(-c3cc(C(=O)OC)cc(C(=O)OC)c3)c2P(=O)(c2ccccc2)c2ccccc2)c1. The standard InChI is InChI=1S/C38H31O9P/c1-44-35(39)26-18-24(19-27(22-26)36(40)45-2)32-16-11-17-33(25-20-28(37(41)46-3)23-29(21-25)38(42)47-4)34(32)48(43,30-12-7-5-8-13-30)31-14-9-6-10-15-31/h5-23H,1-4H3. The summed E-state index contributed by atoms with van der Waals surface area (Å²) in [5, 5.41) is 1.33. The second-order valence-electron chi connectivity index (χ2n) is 10.5. The molecule has 9 nitrogen and oxygen atoms in total. The van der Waals surface area contributed by atoms with Crippen molar-refractivity contribution in [2.75, 3.05) is 28.4 Å². The molecule has 0 bridgehead atoms. The van der Waals surface area contributed by atoms with Crippen LogP contribution >= 0.6 is 7.14 Å². The lowest BCUT2D eigenvalue weighted by Gasteiger charge is -2.26. The molecule has 0 heterocycles.